The SMILES string of the molecule is CCC(C)CCCCCCCCCCCCC(=O)OC[C@@H](COC(=O)CCCCCCCCCCCCCCC(C)C)OC(=O)CCCCCCCCC(C)C. The zero-order valence-corrected chi connectivity index (χ0v) is 38.4. The molecule has 0 saturated heterocycles. The van der Waals surface area contributed by atoms with Crippen molar-refractivity contribution in [2.45, 2.75) is 272 Å². The number of hydrogen-bond acceptors (Lipinski definition) is 6. The van der Waals surface area contributed by atoms with Crippen LogP contribution < -0.4 is 0 Å². The van der Waals surface area contributed by atoms with Gasteiger partial charge in [-0.2, -0.15) is 0 Å². The molecule has 0 N–H and O–H groups in total. The van der Waals surface area contributed by atoms with E-state index >= 15 is 0 Å². The molecule has 6 nitrogen and oxygen atoms in total. The highest BCUT2D eigenvalue weighted by molar-refractivity contribution is 5.71. The van der Waals surface area contributed by atoms with Gasteiger partial charge in [0.05, 0.1) is 0 Å². The molecule has 0 fully saturated rings. The zero-order chi connectivity index (χ0) is 41.3. The van der Waals surface area contributed by atoms with Gasteiger partial charge in [-0.25, -0.2) is 0 Å². The number of ether oxygens (including phenoxy) is 3. The van der Waals surface area contributed by atoms with E-state index in [2.05, 4.69) is 41.5 Å². The van der Waals surface area contributed by atoms with Crippen LogP contribution in [-0.2, 0) is 28.6 Å². The standard InChI is InChI=1S/C50H96O6/c1-7-46(6)38-32-26-19-15-12-13-17-21-28-34-40-49(52)55-43-47(56-50(53)41-35-29-23-22-25-31-37-45(4)5)42-54-48(51)39-33-27-20-16-11-9-8-10-14-18-24-30-36-44(2)3/h44-47H,7-43H2,1-6H3/t46?,47-/m1/s1. The molecule has 0 spiro atoms. The van der Waals surface area contributed by atoms with Crippen LogP contribution in [0.1, 0.15) is 266 Å². The predicted octanol–water partition coefficient (Wildman–Crippen LogP) is 15.6. The summed E-state index contributed by atoms with van der Waals surface area (Å²) in [6, 6.07) is 0. The minimum Gasteiger partial charge on any atom is -0.462 e. The van der Waals surface area contributed by atoms with Crippen molar-refractivity contribution in [2.75, 3.05) is 13.2 Å². The zero-order valence-electron chi connectivity index (χ0n) is 38.4. The van der Waals surface area contributed by atoms with Crippen molar-refractivity contribution in [1.82, 2.24) is 0 Å². The van der Waals surface area contributed by atoms with E-state index in [-0.39, 0.29) is 31.1 Å². The lowest BCUT2D eigenvalue weighted by Gasteiger charge is -2.18. The van der Waals surface area contributed by atoms with Crippen molar-refractivity contribution in [2.24, 2.45) is 17.8 Å². The first-order valence-corrected chi connectivity index (χ1v) is 24.6. The number of carbonyl (C=O) groups excluding carboxylic acids is 3. The summed E-state index contributed by atoms with van der Waals surface area (Å²) in [5.74, 6) is 1.60. The molecule has 332 valence electrons. The van der Waals surface area contributed by atoms with E-state index in [0.29, 0.717) is 19.3 Å². The summed E-state index contributed by atoms with van der Waals surface area (Å²) < 4.78 is 16.8. The van der Waals surface area contributed by atoms with Gasteiger partial charge in [0.15, 0.2) is 6.10 Å². The molecular formula is C50H96O6. The summed E-state index contributed by atoms with van der Waals surface area (Å²) in [6.07, 6.45) is 39.5. The van der Waals surface area contributed by atoms with Gasteiger partial charge in [-0.1, -0.05) is 228 Å². The van der Waals surface area contributed by atoms with Gasteiger partial charge >= 0.3 is 17.9 Å². The van der Waals surface area contributed by atoms with Gasteiger partial charge in [0.2, 0.25) is 0 Å². The van der Waals surface area contributed by atoms with Crippen molar-refractivity contribution in [3.63, 3.8) is 0 Å². The van der Waals surface area contributed by atoms with Gasteiger partial charge in [-0.05, 0) is 37.0 Å². The maximum atomic E-state index is 12.7. The second-order valence-electron chi connectivity index (χ2n) is 18.3. The third-order valence-corrected chi connectivity index (χ3v) is 11.5. The fourth-order valence-corrected chi connectivity index (χ4v) is 7.38. The molecular weight excluding hydrogens is 697 g/mol. The molecule has 0 aliphatic rings. The normalized spacial score (nSPS) is 12.6. The molecule has 0 heterocycles. The average Bonchev–Trinajstić information content (AvgIpc) is 3.16. The minimum atomic E-state index is -0.762. The second-order valence-corrected chi connectivity index (χ2v) is 18.3. The number of esters is 3. The Morgan fingerprint density at radius 2 is 0.625 bits per heavy atom. The molecule has 6 heteroatoms. The highest BCUT2D eigenvalue weighted by atomic mass is 16.6. The largest absolute Gasteiger partial charge is 0.462 e. The van der Waals surface area contributed by atoms with Gasteiger partial charge in [0, 0.05) is 19.3 Å². The third-order valence-electron chi connectivity index (χ3n) is 11.5. The lowest BCUT2D eigenvalue weighted by Crippen LogP contribution is -2.30. The van der Waals surface area contributed by atoms with Gasteiger partial charge in [-0.3, -0.25) is 14.4 Å². The molecule has 0 aliphatic heterocycles. The number of rotatable bonds is 43. The van der Waals surface area contributed by atoms with Crippen molar-refractivity contribution in [3.05, 3.63) is 0 Å². The van der Waals surface area contributed by atoms with E-state index in [9.17, 15) is 14.4 Å². The van der Waals surface area contributed by atoms with Gasteiger partial charge in [0.1, 0.15) is 13.2 Å². The molecule has 2 atom stereocenters. The quantitative estimate of drug-likeness (QED) is 0.0348. The van der Waals surface area contributed by atoms with Crippen molar-refractivity contribution in [3.8, 4) is 0 Å². The van der Waals surface area contributed by atoms with E-state index in [1.807, 2.05) is 0 Å². The number of unbranched alkanes of at least 4 members (excludes halogenated alkanes) is 25. The van der Waals surface area contributed by atoms with E-state index in [1.165, 1.54) is 148 Å². The molecule has 0 aliphatic carbocycles. The molecule has 0 aromatic carbocycles. The molecule has 0 bridgehead atoms. The maximum Gasteiger partial charge on any atom is 0.306 e. The summed E-state index contributed by atoms with van der Waals surface area (Å²) in [5, 5.41) is 0. The summed E-state index contributed by atoms with van der Waals surface area (Å²) >= 11 is 0. The summed E-state index contributed by atoms with van der Waals surface area (Å²) in [4.78, 5) is 37.8. The molecule has 0 saturated carbocycles. The van der Waals surface area contributed by atoms with E-state index in [4.69, 9.17) is 14.2 Å². The Hall–Kier alpha value is -1.59. The van der Waals surface area contributed by atoms with Gasteiger partial charge < -0.3 is 14.2 Å². The smallest absolute Gasteiger partial charge is 0.306 e. The summed E-state index contributed by atoms with van der Waals surface area (Å²) in [6.45, 7) is 13.7. The topological polar surface area (TPSA) is 78.9 Å². The Kier molecular flexibility index (Phi) is 40.4. The number of hydrogen-bond donors (Lipinski definition) is 0. The van der Waals surface area contributed by atoms with Crippen LogP contribution in [-0.4, -0.2) is 37.2 Å². The lowest BCUT2D eigenvalue weighted by molar-refractivity contribution is -0.167. The molecule has 1 unspecified atom stereocenters. The monoisotopic (exact) mass is 793 g/mol. The fraction of sp³-hybridized carbons (Fsp3) is 0.940. The third kappa shape index (κ3) is 42.0. The second kappa shape index (κ2) is 41.6. The van der Waals surface area contributed by atoms with Crippen LogP contribution in [0.5, 0.6) is 0 Å². The van der Waals surface area contributed by atoms with Crippen molar-refractivity contribution in [1.29, 1.82) is 0 Å². The molecule has 0 rings (SSSR count). The Balaban J connectivity index is 4.28. The van der Waals surface area contributed by atoms with Crippen LogP contribution in [0.15, 0.2) is 0 Å². The Morgan fingerprint density at radius 3 is 0.929 bits per heavy atom. The number of carbonyl (C=O) groups is 3. The first kappa shape index (κ1) is 54.4. The molecule has 0 aromatic rings. The minimum absolute atomic E-state index is 0.0662. The maximum absolute atomic E-state index is 12.7. The molecule has 0 amide bonds. The predicted molar refractivity (Wildman–Crippen MR) is 238 cm³/mol. The van der Waals surface area contributed by atoms with E-state index < -0.39 is 6.10 Å². The van der Waals surface area contributed by atoms with Crippen LogP contribution in [0, 0.1) is 17.8 Å². The summed E-state index contributed by atoms with van der Waals surface area (Å²) in [7, 11) is 0. The van der Waals surface area contributed by atoms with Crippen molar-refractivity contribution >= 4 is 17.9 Å². The molecule has 56 heavy (non-hydrogen) atoms. The fourth-order valence-electron chi connectivity index (χ4n) is 7.38. The lowest BCUT2D eigenvalue weighted by atomic mass is 9.99. The summed E-state index contributed by atoms with van der Waals surface area (Å²) in [5.41, 5.74) is 0. The molecule has 0 aromatic heterocycles. The van der Waals surface area contributed by atoms with Crippen LogP contribution in [0.3, 0.4) is 0 Å². The highest BCUT2D eigenvalue weighted by Gasteiger charge is 2.19. The Morgan fingerprint density at radius 1 is 0.357 bits per heavy atom. The van der Waals surface area contributed by atoms with Gasteiger partial charge in [-0.15, -0.1) is 0 Å². The Labute approximate surface area is 348 Å². The average molecular weight is 793 g/mol. The first-order valence-electron chi connectivity index (χ1n) is 24.6. The first-order chi connectivity index (χ1) is 27.1. The Bertz CT molecular complexity index is 870. The highest BCUT2D eigenvalue weighted by Crippen LogP contribution is 2.18. The molecule has 0 radical (unpaired) electrons. The van der Waals surface area contributed by atoms with Crippen LogP contribution >= 0.6 is 0 Å². The van der Waals surface area contributed by atoms with Crippen LogP contribution in [0.2, 0.25) is 0 Å². The van der Waals surface area contributed by atoms with E-state index in [1.54, 1.807) is 0 Å². The van der Waals surface area contributed by atoms with E-state index in [0.717, 1.165) is 75.5 Å². The van der Waals surface area contributed by atoms with Crippen LogP contribution in [0.4, 0.5) is 0 Å². The van der Waals surface area contributed by atoms with Crippen molar-refractivity contribution < 1.29 is 28.6 Å². The van der Waals surface area contributed by atoms with Crippen LogP contribution in [0.25, 0.3) is 0 Å². The van der Waals surface area contributed by atoms with Gasteiger partial charge in [0.25, 0.3) is 0 Å².